The number of likely N-dealkylation sites (tertiary alicyclic amines) is 2. The molecule has 168 valence electrons. The maximum absolute atomic E-state index is 12.9. The summed E-state index contributed by atoms with van der Waals surface area (Å²) in [5, 5.41) is 15.8. The number of amides is 2. The van der Waals surface area contributed by atoms with Crippen LogP contribution < -0.4 is 4.74 Å². The number of aromatic nitrogens is 3. The molecular weight excluding hydrogens is 425 g/mol. The van der Waals surface area contributed by atoms with Gasteiger partial charge in [0.25, 0.3) is 0 Å². The van der Waals surface area contributed by atoms with E-state index < -0.39 is 17.3 Å². The molecule has 1 N–H and O–H groups in total. The highest BCUT2D eigenvalue weighted by molar-refractivity contribution is 5.76. The number of hydrogen-bond donors (Lipinski definition) is 1. The lowest BCUT2D eigenvalue weighted by atomic mass is 9.62. The largest absolute Gasteiger partial charge is 0.490 e. The second kappa shape index (κ2) is 7.39. The Hall–Kier alpha value is -3.29. The smallest absolute Gasteiger partial charge is 0.417 e. The summed E-state index contributed by atoms with van der Waals surface area (Å²) in [6, 6.07) is 4.90. The molecule has 8 nitrogen and oxygen atoms in total. The van der Waals surface area contributed by atoms with Gasteiger partial charge in [-0.15, -0.1) is 0 Å². The van der Waals surface area contributed by atoms with Gasteiger partial charge in [0.1, 0.15) is 24.0 Å². The number of nitrogens with one attached hydrogen (secondary N) is 1. The second-order valence-corrected chi connectivity index (χ2v) is 8.91. The van der Waals surface area contributed by atoms with E-state index in [1.54, 1.807) is 6.07 Å². The van der Waals surface area contributed by atoms with E-state index >= 15 is 0 Å². The fourth-order valence-corrected chi connectivity index (χ4v) is 5.04. The molecule has 11 heteroatoms. The normalized spacial score (nSPS) is 22.4. The molecule has 32 heavy (non-hydrogen) atoms. The maximum Gasteiger partial charge on any atom is 0.417 e. The van der Waals surface area contributed by atoms with Gasteiger partial charge in [0, 0.05) is 37.5 Å². The molecule has 3 aliphatic rings. The molecule has 0 radical (unpaired) electrons. The minimum Gasteiger partial charge on any atom is -0.490 e. The van der Waals surface area contributed by atoms with Crippen LogP contribution in [-0.4, -0.2) is 63.3 Å². The number of hydrogen-bond acceptors (Lipinski definition) is 5. The predicted molar refractivity (Wildman–Crippen MR) is 105 cm³/mol. The standard InChI is InChI=1S/C21H21F3N6O2/c22-21(23,24)17-2-1-15(5-14(17)8-25)32-16-6-20(7-16)10-30(11-20)19(31)29-4-3-13(9-29)18-26-12-27-28-18/h1-2,5,12-13,16H,3-4,6-7,9-11H2,(H,26,27,28)/t13-/m0/s1. The maximum atomic E-state index is 12.9. The molecular formula is C21H21F3N6O2. The number of halogens is 3. The average Bonchev–Trinajstić information content (AvgIpc) is 3.38. The van der Waals surface area contributed by atoms with Crippen molar-refractivity contribution in [1.29, 1.82) is 5.26 Å². The highest BCUT2D eigenvalue weighted by Crippen LogP contribution is 2.50. The number of nitriles is 1. The lowest BCUT2D eigenvalue weighted by molar-refractivity contribution is -0.137. The molecule has 1 aromatic carbocycles. The lowest BCUT2D eigenvalue weighted by Crippen LogP contribution is -2.67. The van der Waals surface area contributed by atoms with Gasteiger partial charge in [0.2, 0.25) is 0 Å². The molecule has 1 spiro atoms. The van der Waals surface area contributed by atoms with Crippen LogP contribution in [0, 0.1) is 16.7 Å². The SMILES string of the molecule is N#Cc1cc(OC2CC3(C2)CN(C(=O)N2CC[C@H](c4ncn[nH]4)C2)C3)ccc1C(F)(F)F. The van der Waals surface area contributed by atoms with Gasteiger partial charge in [-0.05, 0) is 37.5 Å². The number of H-pyrrole nitrogens is 1. The van der Waals surface area contributed by atoms with E-state index in [1.165, 1.54) is 12.4 Å². The molecule has 1 atom stereocenters. The van der Waals surface area contributed by atoms with Crippen LogP contribution in [0.2, 0.25) is 0 Å². The van der Waals surface area contributed by atoms with Crippen molar-refractivity contribution in [3.05, 3.63) is 41.5 Å². The van der Waals surface area contributed by atoms with E-state index in [0.717, 1.165) is 37.2 Å². The summed E-state index contributed by atoms with van der Waals surface area (Å²) < 4.78 is 44.6. The quantitative estimate of drug-likeness (QED) is 0.781. The van der Waals surface area contributed by atoms with Crippen molar-refractivity contribution in [1.82, 2.24) is 25.0 Å². The van der Waals surface area contributed by atoms with Crippen LogP contribution in [0.25, 0.3) is 0 Å². The van der Waals surface area contributed by atoms with E-state index in [2.05, 4.69) is 15.2 Å². The lowest BCUT2D eigenvalue weighted by Gasteiger charge is -2.58. The highest BCUT2D eigenvalue weighted by atomic mass is 19.4. The summed E-state index contributed by atoms with van der Waals surface area (Å²) >= 11 is 0. The molecule has 0 unspecified atom stereocenters. The molecule has 1 saturated carbocycles. The van der Waals surface area contributed by atoms with Crippen LogP contribution in [0.3, 0.4) is 0 Å². The van der Waals surface area contributed by atoms with Gasteiger partial charge in [0.05, 0.1) is 17.2 Å². The Balaban J connectivity index is 1.11. The van der Waals surface area contributed by atoms with Crippen LogP contribution in [0.1, 0.15) is 42.1 Å². The third kappa shape index (κ3) is 3.63. The van der Waals surface area contributed by atoms with Crippen molar-refractivity contribution < 1.29 is 22.7 Å². The Kier molecular flexibility index (Phi) is 4.76. The summed E-state index contributed by atoms with van der Waals surface area (Å²) in [6.45, 7) is 2.63. The van der Waals surface area contributed by atoms with Crippen molar-refractivity contribution in [3.8, 4) is 11.8 Å². The fraction of sp³-hybridized carbons (Fsp3) is 0.524. The Labute approximate surface area is 182 Å². The first-order valence-corrected chi connectivity index (χ1v) is 10.4. The van der Waals surface area contributed by atoms with Gasteiger partial charge in [-0.25, -0.2) is 9.78 Å². The topological polar surface area (TPSA) is 98.1 Å². The molecule has 0 bridgehead atoms. The number of ether oxygens (including phenoxy) is 1. The molecule has 5 rings (SSSR count). The van der Waals surface area contributed by atoms with Crippen molar-refractivity contribution >= 4 is 6.03 Å². The number of nitrogens with zero attached hydrogens (tertiary/aromatic N) is 5. The zero-order valence-corrected chi connectivity index (χ0v) is 17.1. The average molecular weight is 446 g/mol. The predicted octanol–water partition coefficient (Wildman–Crippen LogP) is 3.15. The first-order valence-electron chi connectivity index (χ1n) is 10.4. The number of carbonyl (C=O) groups is 1. The van der Waals surface area contributed by atoms with Crippen molar-refractivity contribution in [3.63, 3.8) is 0 Å². The highest BCUT2D eigenvalue weighted by Gasteiger charge is 2.55. The van der Waals surface area contributed by atoms with Gasteiger partial charge in [-0.2, -0.15) is 23.5 Å². The van der Waals surface area contributed by atoms with Gasteiger partial charge < -0.3 is 14.5 Å². The Bertz CT molecular complexity index is 1050. The summed E-state index contributed by atoms with van der Waals surface area (Å²) in [4.78, 5) is 20.6. The van der Waals surface area contributed by atoms with Gasteiger partial charge >= 0.3 is 12.2 Å². The first kappa shape index (κ1) is 20.6. The summed E-state index contributed by atoms with van der Waals surface area (Å²) in [5.41, 5.74) is -1.38. The van der Waals surface area contributed by atoms with Crippen molar-refractivity contribution in [2.24, 2.45) is 5.41 Å². The molecule has 1 aliphatic carbocycles. The van der Waals surface area contributed by atoms with Crippen molar-refractivity contribution in [2.45, 2.75) is 37.5 Å². The third-order valence-corrected chi connectivity index (χ3v) is 6.64. The van der Waals surface area contributed by atoms with E-state index in [4.69, 9.17) is 10.00 Å². The van der Waals surface area contributed by atoms with Crippen LogP contribution in [0.4, 0.5) is 18.0 Å². The van der Waals surface area contributed by atoms with Crippen LogP contribution in [-0.2, 0) is 6.18 Å². The van der Waals surface area contributed by atoms with Crippen LogP contribution in [0.5, 0.6) is 5.75 Å². The van der Waals surface area contributed by atoms with E-state index in [1.807, 2.05) is 9.80 Å². The molecule has 3 fully saturated rings. The van der Waals surface area contributed by atoms with E-state index in [9.17, 15) is 18.0 Å². The zero-order valence-electron chi connectivity index (χ0n) is 17.1. The summed E-state index contributed by atoms with van der Waals surface area (Å²) in [7, 11) is 0. The Morgan fingerprint density at radius 2 is 2.06 bits per heavy atom. The van der Waals surface area contributed by atoms with Crippen LogP contribution >= 0.6 is 0 Å². The van der Waals surface area contributed by atoms with Crippen LogP contribution in [0.15, 0.2) is 24.5 Å². The van der Waals surface area contributed by atoms with Gasteiger partial charge in [-0.1, -0.05) is 0 Å². The fourth-order valence-electron chi connectivity index (χ4n) is 5.04. The zero-order chi connectivity index (χ0) is 22.5. The summed E-state index contributed by atoms with van der Waals surface area (Å²) in [5.74, 6) is 1.25. The number of benzene rings is 1. The molecule has 1 aromatic heterocycles. The third-order valence-electron chi connectivity index (χ3n) is 6.64. The number of rotatable bonds is 3. The van der Waals surface area contributed by atoms with Gasteiger partial charge in [-0.3, -0.25) is 5.10 Å². The minimum absolute atomic E-state index is 0.0222. The monoisotopic (exact) mass is 446 g/mol. The Morgan fingerprint density at radius 3 is 2.72 bits per heavy atom. The molecule has 2 saturated heterocycles. The second-order valence-electron chi connectivity index (χ2n) is 8.91. The number of urea groups is 1. The van der Waals surface area contributed by atoms with Crippen molar-refractivity contribution in [2.75, 3.05) is 26.2 Å². The van der Waals surface area contributed by atoms with E-state index in [-0.39, 0.29) is 29.2 Å². The number of carbonyl (C=O) groups excluding carboxylic acids is 1. The number of aromatic amines is 1. The van der Waals surface area contributed by atoms with Gasteiger partial charge in [0.15, 0.2) is 0 Å². The minimum atomic E-state index is -4.57. The molecule has 2 aliphatic heterocycles. The Morgan fingerprint density at radius 1 is 1.28 bits per heavy atom. The molecule has 3 heterocycles. The molecule has 2 amide bonds. The molecule has 2 aromatic rings. The summed E-state index contributed by atoms with van der Waals surface area (Å²) in [6.07, 6.45) is -0.900. The number of alkyl halides is 3. The van der Waals surface area contributed by atoms with E-state index in [0.29, 0.717) is 26.2 Å². The first-order chi connectivity index (χ1) is 15.3.